The lowest BCUT2D eigenvalue weighted by atomic mass is 10.2. The second-order valence-electron chi connectivity index (χ2n) is 5.15. The zero-order chi connectivity index (χ0) is 17.7. The van der Waals surface area contributed by atoms with Crippen LogP contribution in [0.3, 0.4) is 0 Å². The van der Waals surface area contributed by atoms with E-state index in [4.69, 9.17) is 4.74 Å². The maximum Gasteiger partial charge on any atom is 0.403 e. The molecule has 1 aromatic carbocycles. The number of carbonyl (C=O) groups excluding carboxylic acids is 1. The SMILES string of the molecule is CC(=O)Oc1cc(N=NN(C)C)ccc1N=Nc1n(C)nc[n+]1C. The number of hydrogen-bond donors (Lipinski definition) is 0. The van der Waals surface area contributed by atoms with E-state index in [9.17, 15) is 4.79 Å². The number of aromatic nitrogens is 3. The largest absolute Gasteiger partial charge is 0.424 e. The average Bonchev–Trinajstić information content (AvgIpc) is 2.82. The average molecular weight is 331 g/mol. The van der Waals surface area contributed by atoms with Gasteiger partial charge in [0.05, 0.1) is 19.8 Å². The molecule has 2 rings (SSSR count). The lowest BCUT2D eigenvalue weighted by molar-refractivity contribution is -0.659. The fourth-order valence-corrected chi connectivity index (χ4v) is 1.75. The van der Waals surface area contributed by atoms with Crippen molar-refractivity contribution in [1.29, 1.82) is 0 Å². The lowest BCUT2D eigenvalue weighted by Crippen LogP contribution is -2.25. The molecule has 0 saturated carbocycles. The van der Waals surface area contributed by atoms with Gasteiger partial charge in [0.15, 0.2) is 5.75 Å². The van der Waals surface area contributed by atoms with E-state index in [1.54, 1.807) is 67.0 Å². The first kappa shape index (κ1) is 17.2. The quantitative estimate of drug-likeness (QED) is 0.275. The van der Waals surface area contributed by atoms with Crippen molar-refractivity contribution in [3.63, 3.8) is 0 Å². The number of esters is 1. The van der Waals surface area contributed by atoms with Crippen molar-refractivity contribution in [2.24, 2.45) is 34.7 Å². The Morgan fingerprint density at radius 3 is 2.62 bits per heavy atom. The van der Waals surface area contributed by atoms with Gasteiger partial charge in [0.25, 0.3) is 0 Å². The highest BCUT2D eigenvalue weighted by atomic mass is 16.5. The van der Waals surface area contributed by atoms with E-state index in [1.165, 1.54) is 6.92 Å². The topological polar surface area (TPSA) is 101 Å². The fraction of sp³-hybridized carbons (Fsp3) is 0.357. The summed E-state index contributed by atoms with van der Waals surface area (Å²) in [6.45, 7) is 1.32. The summed E-state index contributed by atoms with van der Waals surface area (Å²) >= 11 is 0. The van der Waals surface area contributed by atoms with Crippen LogP contribution in [0.15, 0.2) is 45.1 Å². The Bertz CT molecular complexity index is 775. The number of carbonyl (C=O) groups is 1. The number of rotatable bonds is 5. The third kappa shape index (κ3) is 4.41. The van der Waals surface area contributed by atoms with Gasteiger partial charge in [-0.05, 0) is 17.2 Å². The van der Waals surface area contributed by atoms with Crippen molar-refractivity contribution in [1.82, 2.24) is 14.8 Å². The maximum atomic E-state index is 11.3. The second kappa shape index (κ2) is 7.40. The first-order valence-corrected chi connectivity index (χ1v) is 7.07. The lowest BCUT2D eigenvalue weighted by Gasteiger charge is -2.05. The molecule has 0 unspecified atom stereocenters. The minimum atomic E-state index is -0.459. The van der Waals surface area contributed by atoms with E-state index >= 15 is 0 Å². The summed E-state index contributed by atoms with van der Waals surface area (Å²) < 4.78 is 8.48. The van der Waals surface area contributed by atoms with Crippen LogP contribution < -0.4 is 9.30 Å². The van der Waals surface area contributed by atoms with Gasteiger partial charge in [-0.25, -0.2) is 4.57 Å². The predicted octanol–water partition coefficient (Wildman–Crippen LogP) is 2.15. The highest BCUT2D eigenvalue weighted by Gasteiger charge is 2.13. The summed E-state index contributed by atoms with van der Waals surface area (Å²) in [5.74, 6) is 0.339. The van der Waals surface area contributed by atoms with E-state index in [1.807, 2.05) is 0 Å². The molecule has 2 aromatic rings. The number of ether oxygens (including phenoxy) is 1. The Morgan fingerprint density at radius 1 is 1.29 bits per heavy atom. The van der Waals surface area contributed by atoms with Gasteiger partial charge in [-0.3, -0.25) is 9.80 Å². The first-order chi connectivity index (χ1) is 11.4. The molecule has 0 atom stereocenters. The van der Waals surface area contributed by atoms with Gasteiger partial charge in [0.2, 0.25) is 6.33 Å². The normalized spacial score (nSPS) is 11.4. The number of aryl methyl sites for hydroxylation is 2. The summed E-state index contributed by atoms with van der Waals surface area (Å²) in [7, 11) is 7.07. The zero-order valence-corrected chi connectivity index (χ0v) is 14.2. The van der Waals surface area contributed by atoms with Crippen LogP contribution in [-0.4, -0.2) is 34.9 Å². The third-order valence-electron chi connectivity index (χ3n) is 2.79. The van der Waals surface area contributed by atoms with Crippen molar-refractivity contribution in [2.45, 2.75) is 6.92 Å². The number of hydrogen-bond acceptors (Lipinski definition) is 7. The number of benzene rings is 1. The van der Waals surface area contributed by atoms with E-state index in [0.717, 1.165) is 0 Å². The molecule has 0 fully saturated rings. The van der Waals surface area contributed by atoms with Crippen molar-refractivity contribution < 1.29 is 14.1 Å². The summed E-state index contributed by atoms with van der Waals surface area (Å²) in [6.07, 6.45) is 1.62. The molecule has 0 spiro atoms. The molecular weight excluding hydrogens is 312 g/mol. The molecular formula is C14H19N8O2+. The maximum absolute atomic E-state index is 11.3. The highest BCUT2D eigenvalue weighted by molar-refractivity contribution is 5.73. The van der Waals surface area contributed by atoms with Crippen molar-refractivity contribution >= 4 is 23.3 Å². The molecule has 0 aliphatic heterocycles. The van der Waals surface area contributed by atoms with Gasteiger partial charge < -0.3 is 4.74 Å². The molecule has 0 aliphatic rings. The predicted molar refractivity (Wildman–Crippen MR) is 84.5 cm³/mol. The molecule has 0 radical (unpaired) electrons. The Balaban J connectivity index is 2.36. The molecule has 0 N–H and O–H groups in total. The summed E-state index contributed by atoms with van der Waals surface area (Å²) in [4.78, 5) is 11.3. The highest BCUT2D eigenvalue weighted by Crippen LogP contribution is 2.33. The summed E-state index contributed by atoms with van der Waals surface area (Å²) in [5.41, 5.74) is 0.931. The fourth-order valence-electron chi connectivity index (χ4n) is 1.75. The molecule has 0 amide bonds. The van der Waals surface area contributed by atoms with Crippen LogP contribution in [0, 0.1) is 0 Å². The first-order valence-electron chi connectivity index (χ1n) is 7.07. The van der Waals surface area contributed by atoms with E-state index in [-0.39, 0.29) is 5.75 Å². The van der Waals surface area contributed by atoms with Gasteiger partial charge in [0, 0.05) is 32.2 Å². The molecule has 10 nitrogen and oxygen atoms in total. The summed E-state index contributed by atoms with van der Waals surface area (Å²) in [6, 6.07) is 4.94. The molecule has 1 heterocycles. The van der Waals surface area contributed by atoms with E-state index in [0.29, 0.717) is 17.3 Å². The smallest absolute Gasteiger partial charge is 0.403 e. The second-order valence-corrected chi connectivity index (χ2v) is 5.15. The van der Waals surface area contributed by atoms with Crippen LogP contribution >= 0.6 is 0 Å². The zero-order valence-electron chi connectivity index (χ0n) is 14.2. The van der Waals surface area contributed by atoms with Crippen LogP contribution in [-0.2, 0) is 18.9 Å². The van der Waals surface area contributed by atoms with Gasteiger partial charge in [-0.15, -0.1) is 9.80 Å². The monoisotopic (exact) mass is 331 g/mol. The molecule has 10 heteroatoms. The van der Waals surface area contributed by atoms with Crippen molar-refractivity contribution in [2.75, 3.05) is 14.1 Å². The Morgan fingerprint density at radius 2 is 2.04 bits per heavy atom. The number of azo groups is 1. The third-order valence-corrected chi connectivity index (χ3v) is 2.79. The standard InChI is InChI=1S/C14H19N8O2/c1-10(23)24-13-8-11(16-19-20(2)3)6-7-12(13)17-18-14-21(4)9-15-22(14)5/h6-9H,1-5H3/q+1. The molecule has 24 heavy (non-hydrogen) atoms. The Hall–Kier alpha value is -3.17. The van der Waals surface area contributed by atoms with Crippen LogP contribution in [0.4, 0.5) is 17.3 Å². The minimum absolute atomic E-state index is 0.256. The van der Waals surface area contributed by atoms with Gasteiger partial charge in [-0.1, -0.05) is 10.3 Å². The molecule has 1 aromatic heterocycles. The Labute approximate surface area is 139 Å². The molecule has 126 valence electrons. The van der Waals surface area contributed by atoms with Gasteiger partial charge in [0.1, 0.15) is 5.69 Å². The van der Waals surface area contributed by atoms with Crippen molar-refractivity contribution in [3.05, 3.63) is 24.5 Å². The molecule has 0 aliphatic carbocycles. The van der Waals surface area contributed by atoms with Crippen molar-refractivity contribution in [3.8, 4) is 5.75 Å². The van der Waals surface area contributed by atoms with E-state index < -0.39 is 5.97 Å². The number of nitrogens with zero attached hydrogens (tertiary/aromatic N) is 8. The minimum Gasteiger partial charge on any atom is -0.424 e. The van der Waals surface area contributed by atoms with Crippen LogP contribution in [0.5, 0.6) is 5.75 Å². The van der Waals surface area contributed by atoms with Gasteiger partial charge >= 0.3 is 11.9 Å². The van der Waals surface area contributed by atoms with Gasteiger partial charge in [-0.2, -0.15) is 0 Å². The van der Waals surface area contributed by atoms with Crippen LogP contribution in [0.25, 0.3) is 0 Å². The van der Waals surface area contributed by atoms with Crippen LogP contribution in [0.2, 0.25) is 0 Å². The Kier molecular flexibility index (Phi) is 5.30. The van der Waals surface area contributed by atoms with Crippen LogP contribution in [0.1, 0.15) is 6.92 Å². The molecule has 0 bridgehead atoms. The molecule has 0 saturated heterocycles. The summed E-state index contributed by atoms with van der Waals surface area (Å²) in [5, 5.41) is 21.8. The van der Waals surface area contributed by atoms with E-state index in [2.05, 4.69) is 25.7 Å².